The highest BCUT2D eigenvalue weighted by Gasteiger charge is 2.61. The van der Waals surface area contributed by atoms with Crippen molar-refractivity contribution < 1.29 is 0 Å². The summed E-state index contributed by atoms with van der Waals surface area (Å²) in [6.07, 6.45) is 34.5. The van der Waals surface area contributed by atoms with Crippen LogP contribution in [0.25, 0.3) is 0 Å². The van der Waals surface area contributed by atoms with Crippen molar-refractivity contribution in [2.45, 2.75) is 163 Å². The van der Waals surface area contributed by atoms with Gasteiger partial charge in [0.05, 0.1) is 0 Å². The first-order valence-corrected chi connectivity index (χ1v) is 17.7. The summed E-state index contributed by atoms with van der Waals surface area (Å²) in [6, 6.07) is 0. The zero-order chi connectivity index (χ0) is 25.8. The van der Waals surface area contributed by atoms with Crippen LogP contribution in [-0.4, -0.2) is 0 Å². The molecule has 212 valence electrons. The molecule has 0 aromatic rings. The van der Waals surface area contributed by atoms with E-state index in [1.165, 1.54) is 96.3 Å². The Kier molecular flexibility index (Phi) is 9.89. The summed E-state index contributed by atoms with van der Waals surface area (Å²) in [6.45, 7) is 10.3. The molecule has 5 aliphatic carbocycles. The third kappa shape index (κ3) is 6.73. The maximum atomic E-state index is 2.74. The molecule has 5 aliphatic rings. The molecule has 2 unspecified atom stereocenters. The Morgan fingerprint density at radius 3 is 2.08 bits per heavy atom. The molecule has 0 bridgehead atoms. The van der Waals surface area contributed by atoms with Crippen LogP contribution in [0, 0.1) is 58.7 Å². The minimum atomic E-state index is 0.689. The highest BCUT2D eigenvalue weighted by molar-refractivity contribution is 5.13. The average Bonchev–Trinajstić information content (AvgIpc) is 3.48. The summed E-state index contributed by atoms with van der Waals surface area (Å²) in [5.41, 5.74) is 2.54. The van der Waals surface area contributed by atoms with E-state index in [4.69, 9.17) is 0 Å². The van der Waals surface area contributed by atoms with Crippen LogP contribution in [0.3, 0.4) is 0 Å². The molecule has 0 aliphatic heterocycles. The van der Waals surface area contributed by atoms with E-state index < -0.39 is 0 Å². The molecule has 0 heterocycles. The summed E-state index contributed by atoms with van der Waals surface area (Å²) in [4.78, 5) is 0. The Morgan fingerprint density at radius 2 is 1.41 bits per heavy atom. The van der Waals surface area contributed by atoms with Gasteiger partial charge in [0.15, 0.2) is 0 Å². The molecule has 0 aromatic carbocycles. The summed E-state index contributed by atoms with van der Waals surface area (Å²) >= 11 is 0. The second-order valence-corrected chi connectivity index (χ2v) is 15.6. The van der Waals surface area contributed by atoms with E-state index in [1.54, 1.807) is 38.5 Å². The standard InChI is InChI=1S/C37H64/c1-5-6-10-29-13-15-31(16-14-29)26-34-19-17-30(25-27(34)2)18-24-36-28(3)37(36,4)35-22-20-33(21-23-35)32-11-8-7-9-12-32/h19,27-33,35-36H,5-18,20-26H2,1-4H3/t27-,28-,29?,30?,31?,33?,35?,36?,37-/m0/s1. The van der Waals surface area contributed by atoms with Crippen LogP contribution >= 0.6 is 0 Å². The smallest absolute Gasteiger partial charge is 0.0229 e. The number of allylic oxidation sites excluding steroid dienone is 2. The maximum absolute atomic E-state index is 2.74. The molecule has 5 atom stereocenters. The van der Waals surface area contributed by atoms with E-state index in [9.17, 15) is 0 Å². The topological polar surface area (TPSA) is 0 Å². The van der Waals surface area contributed by atoms with E-state index in [1.807, 2.05) is 5.57 Å². The minimum absolute atomic E-state index is 0.689. The van der Waals surface area contributed by atoms with Gasteiger partial charge in [0.1, 0.15) is 0 Å². The van der Waals surface area contributed by atoms with Crippen LogP contribution in [0.5, 0.6) is 0 Å². The molecular formula is C37H64. The zero-order valence-electron chi connectivity index (χ0n) is 25.6. The quantitative estimate of drug-likeness (QED) is 0.257. The molecule has 0 radical (unpaired) electrons. The van der Waals surface area contributed by atoms with E-state index >= 15 is 0 Å². The fraction of sp³-hybridized carbons (Fsp3) is 0.946. The van der Waals surface area contributed by atoms with E-state index in [0.29, 0.717) is 5.41 Å². The van der Waals surface area contributed by atoms with Crippen molar-refractivity contribution in [3.63, 3.8) is 0 Å². The highest BCUT2D eigenvalue weighted by atomic mass is 14.7. The van der Waals surface area contributed by atoms with Crippen LogP contribution < -0.4 is 0 Å². The van der Waals surface area contributed by atoms with Crippen molar-refractivity contribution in [2.24, 2.45) is 58.7 Å². The molecule has 0 amide bonds. The molecular weight excluding hydrogens is 444 g/mol. The lowest BCUT2D eigenvalue weighted by Crippen LogP contribution is -2.28. The van der Waals surface area contributed by atoms with Crippen molar-refractivity contribution in [3.8, 4) is 0 Å². The van der Waals surface area contributed by atoms with Gasteiger partial charge in [-0.05, 0) is 129 Å². The molecule has 4 fully saturated rings. The van der Waals surface area contributed by atoms with E-state index in [-0.39, 0.29) is 0 Å². The first-order chi connectivity index (χ1) is 18.0. The molecule has 0 aromatic heterocycles. The van der Waals surface area contributed by atoms with Crippen LogP contribution in [0.4, 0.5) is 0 Å². The van der Waals surface area contributed by atoms with Gasteiger partial charge in [0, 0.05) is 0 Å². The zero-order valence-corrected chi connectivity index (χ0v) is 25.6. The summed E-state index contributed by atoms with van der Waals surface area (Å²) in [5.74, 6) is 9.15. The number of hydrogen-bond donors (Lipinski definition) is 0. The average molecular weight is 509 g/mol. The summed E-state index contributed by atoms with van der Waals surface area (Å²) in [7, 11) is 0. The largest absolute Gasteiger partial charge is 0.0848 e. The number of rotatable bonds is 10. The minimum Gasteiger partial charge on any atom is -0.0848 e. The number of unbranched alkanes of at least 4 members (excludes halogenated alkanes) is 1. The Balaban J connectivity index is 1.02. The van der Waals surface area contributed by atoms with Crippen molar-refractivity contribution in [1.82, 2.24) is 0 Å². The Labute approximate surface area is 232 Å². The normalized spacial score (nSPS) is 43.4. The molecule has 0 heteroatoms. The van der Waals surface area contributed by atoms with E-state index in [0.717, 1.165) is 53.3 Å². The third-order valence-corrected chi connectivity index (χ3v) is 13.6. The molecule has 0 spiro atoms. The van der Waals surface area contributed by atoms with Gasteiger partial charge in [-0.25, -0.2) is 0 Å². The predicted octanol–water partition coefficient (Wildman–Crippen LogP) is 11.8. The second kappa shape index (κ2) is 12.9. The van der Waals surface area contributed by atoms with Gasteiger partial charge in [-0.3, -0.25) is 0 Å². The van der Waals surface area contributed by atoms with Crippen LogP contribution in [0.1, 0.15) is 163 Å². The first-order valence-electron chi connectivity index (χ1n) is 17.7. The van der Waals surface area contributed by atoms with Crippen molar-refractivity contribution in [3.05, 3.63) is 11.6 Å². The maximum Gasteiger partial charge on any atom is -0.0229 e. The lowest BCUT2D eigenvalue weighted by molar-refractivity contribution is 0.125. The summed E-state index contributed by atoms with van der Waals surface area (Å²) < 4.78 is 0. The predicted molar refractivity (Wildman–Crippen MR) is 162 cm³/mol. The second-order valence-electron chi connectivity index (χ2n) is 15.6. The SMILES string of the molecule is CCCCC1CCC(CC2=CCC(CCC3[C@H](C)[C@@]3(C)C3CCC(C4CCCCC4)CC3)C[C@@H]2C)CC1. The Hall–Kier alpha value is -0.260. The van der Waals surface area contributed by atoms with Gasteiger partial charge in [-0.2, -0.15) is 0 Å². The monoisotopic (exact) mass is 509 g/mol. The first kappa shape index (κ1) is 28.3. The molecule has 37 heavy (non-hydrogen) atoms. The molecule has 5 rings (SSSR count). The van der Waals surface area contributed by atoms with Crippen molar-refractivity contribution >= 4 is 0 Å². The molecule has 0 N–H and O–H groups in total. The lowest BCUT2D eigenvalue weighted by atomic mass is 9.67. The van der Waals surface area contributed by atoms with E-state index in [2.05, 4.69) is 33.8 Å². The van der Waals surface area contributed by atoms with Crippen LogP contribution in [-0.2, 0) is 0 Å². The lowest BCUT2D eigenvalue weighted by Gasteiger charge is -2.38. The van der Waals surface area contributed by atoms with Gasteiger partial charge < -0.3 is 0 Å². The van der Waals surface area contributed by atoms with Crippen LogP contribution in [0.2, 0.25) is 0 Å². The molecule has 0 saturated heterocycles. The van der Waals surface area contributed by atoms with Gasteiger partial charge in [-0.1, -0.05) is 104 Å². The van der Waals surface area contributed by atoms with Crippen molar-refractivity contribution in [2.75, 3.05) is 0 Å². The van der Waals surface area contributed by atoms with Gasteiger partial charge >= 0.3 is 0 Å². The van der Waals surface area contributed by atoms with Gasteiger partial charge in [0.25, 0.3) is 0 Å². The van der Waals surface area contributed by atoms with Gasteiger partial charge in [-0.15, -0.1) is 0 Å². The van der Waals surface area contributed by atoms with Crippen molar-refractivity contribution in [1.29, 1.82) is 0 Å². The highest BCUT2D eigenvalue weighted by Crippen LogP contribution is 2.68. The fourth-order valence-electron chi connectivity index (χ4n) is 10.7. The third-order valence-electron chi connectivity index (χ3n) is 13.6. The van der Waals surface area contributed by atoms with Crippen LogP contribution in [0.15, 0.2) is 11.6 Å². The number of hydrogen-bond acceptors (Lipinski definition) is 0. The Bertz CT molecular complexity index is 710. The molecule has 0 nitrogen and oxygen atoms in total. The Morgan fingerprint density at radius 1 is 0.730 bits per heavy atom. The molecule has 4 saturated carbocycles. The fourth-order valence-corrected chi connectivity index (χ4v) is 10.7. The summed E-state index contributed by atoms with van der Waals surface area (Å²) in [5, 5.41) is 0. The van der Waals surface area contributed by atoms with Gasteiger partial charge in [0.2, 0.25) is 0 Å².